The molecule has 0 radical (unpaired) electrons. The zero-order valence-electron chi connectivity index (χ0n) is 9.98. The Labute approximate surface area is 135 Å². The Morgan fingerprint density at radius 3 is 2.50 bits per heavy atom. The van der Waals surface area contributed by atoms with Crippen LogP contribution in [0.4, 0.5) is 0 Å². The van der Waals surface area contributed by atoms with Gasteiger partial charge in [0.1, 0.15) is 0 Å². The number of nitrogens with zero attached hydrogens (tertiary/aromatic N) is 2. The van der Waals surface area contributed by atoms with Crippen LogP contribution >= 0.6 is 34.9 Å². The Hall–Kier alpha value is 0.470. The van der Waals surface area contributed by atoms with Crippen LogP contribution in [0.2, 0.25) is 0 Å². The molecular weight excluding hydrogens is 384 g/mol. The van der Waals surface area contributed by atoms with Crippen molar-refractivity contribution >= 4 is 40.8 Å². The summed E-state index contributed by atoms with van der Waals surface area (Å²) < 4.78 is 1.62. The summed E-state index contributed by atoms with van der Waals surface area (Å²) in [5, 5.41) is 18.2. The first kappa shape index (κ1) is 18.5. The fourth-order valence-electron chi connectivity index (χ4n) is 1.12. The van der Waals surface area contributed by atoms with E-state index in [2.05, 4.69) is 17.1 Å². The molecular formula is C10H15AgN2O2S3. The van der Waals surface area contributed by atoms with Gasteiger partial charge in [0, 0.05) is 11.5 Å². The molecule has 0 atom stereocenters. The molecule has 1 aromatic heterocycles. The van der Waals surface area contributed by atoms with Crippen molar-refractivity contribution in [3.63, 3.8) is 0 Å². The third kappa shape index (κ3) is 8.55. The van der Waals surface area contributed by atoms with E-state index in [9.17, 15) is 9.90 Å². The van der Waals surface area contributed by atoms with E-state index in [0.29, 0.717) is 4.34 Å². The Balaban J connectivity index is 0.00000289. The molecule has 0 fully saturated rings. The first-order valence-electron chi connectivity index (χ1n) is 5.51. The molecule has 0 saturated heterocycles. The molecule has 1 aromatic rings. The van der Waals surface area contributed by atoms with Gasteiger partial charge < -0.3 is 9.90 Å². The second kappa shape index (κ2) is 11.3. The van der Waals surface area contributed by atoms with Crippen LogP contribution < -0.4 is 5.11 Å². The first-order valence-corrected chi connectivity index (χ1v) is 8.30. The Kier molecular flexibility index (Phi) is 11.6. The van der Waals surface area contributed by atoms with Crippen molar-refractivity contribution in [3.05, 3.63) is 0 Å². The molecule has 0 amide bonds. The molecule has 8 heteroatoms. The monoisotopic (exact) mass is 398 g/mol. The molecule has 1 heterocycles. The van der Waals surface area contributed by atoms with Gasteiger partial charge in [-0.05, 0) is 6.42 Å². The van der Waals surface area contributed by atoms with Gasteiger partial charge in [0.15, 0.2) is 8.68 Å². The van der Waals surface area contributed by atoms with Crippen molar-refractivity contribution in [2.75, 3.05) is 11.5 Å². The Morgan fingerprint density at radius 1 is 1.22 bits per heavy atom. The molecule has 106 valence electrons. The Bertz CT molecular complexity index is 350. The fourth-order valence-corrected chi connectivity index (χ4v) is 3.93. The number of carboxylic acids is 1. The minimum absolute atomic E-state index is 0. The quantitative estimate of drug-likeness (QED) is 0.360. The number of aromatic nitrogens is 2. The standard InChI is InChI=1S/C10H16N2O2S3.Ag/c1-2-3-4-5-6-15-9-11-12-10(17-9)16-7-8(13)14;/h2-7H2,1H3,(H,13,14);/q;+1/p-1. The molecule has 0 aliphatic rings. The maximum Gasteiger partial charge on any atom is 1.00 e. The number of hydrogen-bond acceptors (Lipinski definition) is 7. The van der Waals surface area contributed by atoms with Crippen molar-refractivity contribution < 1.29 is 32.3 Å². The van der Waals surface area contributed by atoms with Crippen LogP contribution in [0.3, 0.4) is 0 Å². The van der Waals surface area contributed by atoms with Crippen LogP contribution in [0.1, 0.15) is 32.6 Å². The third-order valence-electron chi connectivity index (χ3n) is 1.92. The molecule has 0 bridgehead atoms. The molecule has 0 spiro atoms. The van der Waals surface area contributed by atoms with Gasteiger partial charge in [-0.1, -0.05) is 61.0 Å². The number of unbranched alkanes of at least 4 members (excludes halogenated alkanes) is 3. The van der Waals surface area contributed by atoms with Crippen LogP contribution in [-0.4, -0.2) is 27.7 Å². The van der Waals surface area contributed by atoms with E-state index >= 15 is 0 Å². The van der Waals surface area contributed by atoms with E-state index in [4.69, 9.17) is 0 Å². The van der Waals surface area contributed by atoms with Crippen molar-refractivity contribution in [2.24, 2.45) is 0 Å². The van der Waals surface area contributed by atoms with Gasteiger partial charge in [0.25, 0.3) is 0 Å². The van der Waals surface area contributed by atoms with E-state index in [1.54, 1.807) is 11.8 Å². The van der Waals surface area contributed by atoms with Crippen molar-refractivity contribution in [2.45, 2.75) is 41.3 Å². The smallest absolute Gasteiger partial charge is 0.549 e. The van der Waals surface area contributed by atoms with E-state index in [0.717, 1.165) is 10.1 Å². The van der Waals surface area contributed by atoms with Crippen LogP contribution in [0.5, 0.6) is 0 Å². The van der Waals surface area contributed by atoms with Gasteiger partial charge in [0.05, 0.1) is 5.97 Å². The van der Waals surface area contributed by atoms with Crippen LogP contribution in [0.15, 0.2) is 8.68 Å². The number of carbonyl (C=O) groups is 1. The zero-order chi connectivity index (χ0) is 12.5. The number of carbonyl (C=O) groups excluding carboxylic acids is 1. The van der Waals surface area contributed by atoms with Gasteiger partial charge in [-0.15, -0.1) is 10.2 Å². The van der Waals surface area contributed by atoms with E-state index in [-0.39, 0.29) is 28.1 Å². The van der Waals surface area contributed by atoms with Crippen LogP contribution in [0.25, 0.3) is 0 Å². The second-order valence-corrected chi connectivity index (χ2v) is 6.95. The average Bonchev–Trinajstić information content (AvgIpc) is 2.74. The summed E-state index contributed by atoms with van der Waals surface area (Å²) in [6.45, 7) is 2.19. The van der Waals surface area contributed by atoms with E-state index in [1.807, 2.05) is 0 Å². The minimum Gasteiger partial charge on any atom is -0.549 e. The summed E-state index contributed by atoms with van der Waals surface area (Å²) in [6, 6.07) is 0. The molecule has 0 unspecified atom stereocenters. The number of hydrogen-bond donors (Lipinski definition) is 0. The number of rotatable bonds is 9. The zero-order valence-corrected chi connectivity index (χ0v) is 13.9. The molecule has 0 saturated carbocycles. The van der Waals surface area contributed by atoms with Gasteiger partial charge in [-0.2, -0.15) is 0 Å². The number of carboxylic acid groups (broad SMARTS) is 1. The van der Waals surface area contributed by atoms with Crippen molar-refractivity contribution in [3.8, 4) is 0 Å². The summed E-state index contributed by atoms with van der Waals surface area (Å²) >= 11 is 4.31. The minimum atomic E-state index is -1.07. The molecule has 0 aliphatic heterocycles. The number of aliphatic carboxylic acids is 1. The van der Waals surface area contributed by atoms with Crippen molar-refractivity contribution in [1.29, 1.82) is 0 Å². The molecule has 0 N–H and O–H groups in total. The molecule has 0 aromatic carbocycles. The van der Waals surface area contributed by atoms with Crippen molar-refractivity contribution in [1.82, 2.24) is 10.2 Å². The van der Waals surface area contributed by atoms with Gasteiger partial charge in [0.2, 0.25) is 0 Å². The normalized spacial score (nSPS) is 10.1. The van der Waals surface area contributed by atoms with Crippen LogP contribution in [-0.2, 0) is 27.2 Å². The largest absolute Gasteiger partial charge is 1.00 e. The van der Waals surface area contributed by atoms with Gasteiger partial charge in [-0.3, -0.25) is 0 Å². The first-order chi connectivity index (χ1) is 8.22. The maximum atomic E-state index is 10.3. The second-order valence-electron chi connectivity index (χ2n) is 3.40. The molecule has 4 nitrogen and oxygen atoms in total. The summed E-state index contributed by atoms with van der Waals surface area (Å²) in [7, 11) is 0. The molecule has 18 heavy (non-hydrogen) atoms. The summed E-state index contributed by atoms with van der Waals surface area (Å²) in [6.07, 6.45) is 4.98. The van der Waals surface area contributed by atoms with Gasteiger partial charge in [-0.25, -0.2) is 0 Å². The summed E-state index contributed by atoms with van der Waals surface area (Å²) in [4.78, 5) is 10.3. The van der Waals surface area contributed by atoms with E-state index in [1.165, 1.54) is 48.8 Å². The fraction of sp³-hybridized carbons (Fsp3) is 0.700. The van der Waals surface area contributed by atoms with E-state index < -0.39 is 5.97 Å². The van der Waals surface area contributed by atoms with Crippen LogP contribution in [0, 0.1) is 0 Å². The topological polar surface area (TPSA) is 65.9 Å². The predicted octanol–water partition coefficient (Wildman–Crippen LogP) is 2.05. The summed E-state index contributed by atoms with van der Waals surface area (Å²) in [5.74, 6) is -0.0748. The molecule has 1 rings (SSSR count). The predicted molar refractivity (Wildman–Crippen MR) is 70.5 cm³/mol. The van der Waals surface area contributed by atoms with Gasteiger partial charge >= 0.3 is 22.4 Å². The average molecular weight is 399 g/mol. The maximum absolute atomic E-state index is 10.3. The third-order valence-corrected chi connectivity index (χ3v) is 5.17. The Morgan fingerprint density at radius 2 is 1.89 bits per heavy atom. The number of thioether (sulfide) groups is 2. The SMILES string of the molecule is CCCCCCSc1nnc(SCC(=O)[O-])s1.[Ag+]. The molecule has 0 aliphatic carbocycles. The summed E-state index contributed by atoms with van der Waals surface area (Å²) in [5.41, 5.74) is 0.